The Labute approximate surface area is 93.6 Å². The molecule has 1 unspecified atom stereocenters. The fourth-order valence-electron chi connectivity index (χ4n) is 3.32. The zero-order valence-electron chi connectivity index (χ0n) is 10.2. The highest BCUT2D eigenvalue weighted by molar-refractivity contribution is 5.06. The van der Waals surface area contributed by atoms with Crippen LogP contribution in [-0.4, -0.2) is 54.6 Å². The molecule has 15 heavy (non-hydrogen) atoms. The van der Waals surface area contributed by atoms with E-state index in [2.05, 4.69) is 23.8 Å². The normalized spacial score (nSPS) is 32.6. The van der Waals surface area contributed by atoms with Gasteiger partial charge in [0.05, 0.1) is 0 Å². The van der Waals surface area contributed by atoms with Crippen LogP contribution in [0.5, 0.6) is 0 Å². The standard InChI is InChI=1S/C12H25N3/c1-3-7-15-8-4-11(13)12(15)5-9-14(2)10-6-12/h11H,3-10,13H2,1-2H3. The number of rotatable bonds is 2. The summed E-state index contributed by atoms with van der Waals surface area (Å²) in [4.78, 5) is 5.10. The molecule has 0 aromatic heterocycles. The molecule has 0 radical (unpaired) electrons. The summed E-state index contributed by atoms with van der Waals surface area (Å²) in [5, 5.41) is 0. The number of hydrogen-bond acceptors (Lipinski definition) is 3. The minimum atomic E-state index is 0.350. The van der Waals surface area contributed by atoms with Gasteiger partial charge in [-0.15, -0.1) is 0 Å². The first-order chi connectivity index (χ1) is 7.19. The van der Waals surface area contributed by atoms with Gasteiger partial charge in [0.25, 0.3) is 0 Å². The van der Waals surface area contributed by atoms with Crippen molar-refractivity contribution in [2.45, 2.75) is 44.2 Å². The summed E-state index contributed by atoms with van der Waals surface area (Å²) in [7, 11) is 2.22. The summed E-state index contributed by atoms with van der Waals surface area (Å²) in [6.45, 7) is 7.16. The fraction of sp³-hybridized carbons (Fsp3) is 1.00. The topological polar surface area (TPSA) is 32.5 Å². The van der Waals surface area contributed by atoms with Crippen molar-refractivity contribution in [3.05, 3.63) is 0 Å². The highest BCUT2D eigenvalue weighted by Crippen LogP contribution is 2.37. The maximum atomic E-state index is 6.35. The summed E-state index contributed by atoms with van der Waals surface area (Å²) >= 11 is 0. The Hall–Kier alpha value is -0.120. The molecule has 1 spiro atoms. The van der Waals surface area contributed by atoms with E-state index in [1.807, 2.05) is 0 Å². The van der Waals surface area contributed by atoms with Gasteiger partial charge >= 0.3 is 0 Å². The van der Waals surface area contributed by atoms with Crippen LogP contribution in [0.1, 0.15) is 32.6 Å². The Morgan fingerprint density at radius 1 is 1.27 bits per heavy atom. The largest absolute Gasteiger partial charge is 0.326 e. The average Bonchev–Trinajstić information content (AvgIpc) is 2.52. The van der Waals surface area contributed by atoms with Gasteiger partial charge in [0.15, 0.2) is 0 Å². The Bertz CT molecular complexity index is 207. The molecule has 0 aromatic carbocycles. The molecule has 2 rings (SSSR count). The van der Waals surface area contributed by atoms with Gasteiger partial charge in [0, 0.05) is 18.1 Å². The Balaban J connectivity index is 2.08. The molecule has 0 amide bonds. The molecule has 0 aliphatic carbocycles. The number of piperidine rings is 1. The molecule has 2 aliphatic rings. The van der Waals surface area contributed by atoms with E-state index in [0.29, 0.717) is 11.6 Å². The van der Waals surface area contributed by atoms with Crippen LogP contribution in [0.2, 0.25) is 0 Å². The highest BCUT2D eigenvalue weighted by Gasteiger charge is 2.47. The lowest BCUT2D eigenvalue weighted by atomic mass is 9.81. The fourth-order valence-corrected chi connectivity index (χ4v) is 3.32. The lowest BCUT2D eigenvalue weighted by Gasteiger charge is -2.46. The molecule has 1 atom stereocenters. The lowest BCUT2D eigenvalue weighted by molar-refractivity contribution is 0.0526. The molecule has 0 saturated carbocycles. The summed E-state index contributed by atoms with van der Waals surface area (Å²) in [6, 6.07) is 0.415. The zero-order valence-corrected chi connectivity index (χ0v) is 10.2. The van der Waals surface area contributed by atoms with Gasteiger partial charge in [-0.3, -0.25) is 4.90 Å². The van der Waals surface area contributed by atoms with Crippen LogP contribution in [0.25, 0.3) is 0 Å². The second-order valence-corrected chi connectivity index (χ2v) is 5.29. The first-order valence-electron chi connectivity index (χ1n) is 6.38. The minimum absolute atomic E-state index is 0.350. The van der Waals surface area contributed by atoms with Crippen LogP contribution in [-0.2, 0) is 0 Å². The quantitative estimate of drug-likeness (QED) is 0.736. The van der Waals surface area contributed by atoms with E-state index in [4.69, 9.17) is 5.73 Å². The molecular weight excluding hydrogens is 186 g/mol. The van der Waals surface area contributed by atoms with Crippen LogP contribution in [0.15, 0.2) is 0 Å². The predicted molar refractivity (Wildman–Crippen MR) is 63.9 cm³/mol. The van der Waals surface area contributed by atoms with Gasteiger partial charge in [-0.25, -0.2) is 0 Å². The third-order valence-corrected chi connectivity index (χ3v) is 4.38. The lowest BCUT2D eigenvalue weighted by Crippen LogP contribution is -2.59. The van der Waals surface area contributed by atoms with E-state index in [1.54, 1.807) is 0 Å². The second kappa shape index (κ2) is 4.40. The monoisotopic (exact) mass is 211 g/mol. The van der Waals surface area contributed by atoms with E-state index in [1.165, 1.54) is 51.9 Å². The molecule has 2 fully saturated rings. The molecular formula is C12H25N3. The van der Waals surface area contributed by atoms with Crippen molar-refractivity contribution >= 4 is 0 Å². The first kappa shape index (κ1) is 11.4. The van der Waals surface area contributed by atoms with Gasteiger partial charge in [0.2, 0.25) is 0 Å². The van der Waals surface area contributed by atoms with Crippen molar-refractivity contribution in [3.63, 3.8) is 0 Å². The number of nitrogens with zero attached hydrogens (tertiary/aromatic N) is 2. The third-order valence-electron chi connectivity index (χ3n) is 4.38. The molecule has 2 saturated heterocycles. The van der Waals surface area contributed by atoms with E-state index in [-0.39, 0.29) is 0 Å². The van der Waals surface area contributed by atoms with Crippen molar-refractivity contribution in [2.24, 2.45) is 5.73 Å². The van der Waals surface area contributed by atoms with Crippen molar-refractivity contribution in [1.29, 1.82) is 0 Å². The molecule has 88 valence electrons. The van der Waals surface area contributed by atoms with E-state index in [0.717, 1.165) is 0 Å². The van der Waals surface area contributed by atoms with Gasteiger partial charge < -0.3 is 10.6 Å². The van der Waals surface area contributed by atoms with Crippen LogP contribution >= 0.6 is 0 Å². The maximum Gasteiger partial charge on any atom is 0.0385 e. The van der Waals surface area contributed by atoms with Gasteiger partial charge in [-0.05, 0) is 52.4 Å². The molecule has 3 heteroatoms. The van der Waals surface area contributed by atoms with Gasteiger partial charge in [-0.2, -0.15) is 0 Å². The maximum absolute atomic E-state index is 6.35. The van der Waals surface area contributed by atoms with E-state index in [9.17, 15) is 0 Å². The van der Waals surface area contributed by atoms with Crippen molar-refractivity contribution in [1.82, 2.24) is 9.80 Å². The summed E-state index contributed by atoms with van der Waals surface area (Å²) in [5.74, 6) is 0. The molecule has 0 aromatic rings. The van der Waals surface area contributed by atoms with Crippen molar-refractivity contribution in [3.8, 4) is 0 Å². The summed E-state index contributed by atoms with van der Waals surface area (Å²) in [5.41, 5.74) is 6.70. The van der Waals surface area contributed by atoms with E-state index < -0.39 is 0 Å². The van der Waals surface area contributed by atoms with Crippen molar-refractivity contribution < 1.29 is 0 Å². The predicted octanol–water partition coefficient (Wildman–Crippen LogP) is 0.894. The highest BCUT2D eigenvalue weighted by atomic mass is 15.3. The summed E-state index contributed by atoms with van der Waals surface area (Å²) < 4.78 is 0. The molecule has 2 aliphatic heterocycles. The number of nitrogens with two attached hydrogens (primary N) is 1. The Morgan fingerprint density at radius 2 is 1.93 bits per heavy atom. The second-order valence-electron chi connectivity index (χ2n) is 5.29. The third kappa shape index (κ3) is 1.93. The van der Waals surface area contributed by atoms with Crippen LogP contribution in [0.4, 0.5) is 0 Å². The minimum Gasteiger partial charge on any atom is -0.326 e. The Morgan fingerprint density at radius 3 is 2.53 bits per heavy atom. The van der Waals surface area contributed by atoms with Crippen molar-refractivity contribution in [2.75, 3.05) is 33.2 Å². The van der Waals surface area contributed by atoms with E-state index >= 15 is 0 Å². The van der Waals surface area contributed by atoms with Crippen LogP contribution in [0.3, 0.4) is 0 Å². The average molecular weight is 211 g/mol. The number of hydrogen-bond donors (Lipinski definition) is 1. The van der Waals surface area contributed by atoms with Gasteiger partial charge in [-0.1, -0.05) is 6.92 Å². The SMILES string of the molecule is CCCN1CCC(N)C12CCN(C)CC2. The first-order valence-corrected chi connectivity index (χ1v) is 6.38. The smallest absolute Gasteiger partial charge is 0.0385 e. The zero-order chi connectivity index (χ0) is 10.9. The molecule has 3 nitrogen and oxygen atoms in total. The van der Waals surface area contributed by atoms with Crippen LogP contribution < -0.4 is 5.73 Å². The van der Waals surface area contributed by atoms with Crippen LogP contribution in [0, 0.1) is 0 Å². The summed E-state index contributed by atoms with van der Waals surface area (Å²) in [6.07, 6.45) is 4.99. The molecule has 0 bridgehead atoms. The molecule has 2 N–H and O–H groups in total. The molecule has 2 heterocycles. The van der Waals surface area contributed by atoms with Gasteiger partial charge in [0.1, 0.15) is 0 Å². The number of likely N-dealkylation sites (tertiary alicyclic amines) is 2. The Kier molecular flexibility index (Phi) is 3.33.